The van der Waals surface area contributed by atoms with E-state index < -0.39 is 5.66 Å². The molecule has 0 radical (unpaired) electrons. The Morgan fingerprint density at radius 3 is 2.58 bits per heavy atom. The number of amides is 2. The minimum Gasteiger partial charge on any atom is -0.336 e. The Labute approximate surface area is 178 Å². The fraction of sp³-hybridized carbons (Fsp3) is 0.500. The Hall–Kier alpha value is -3.23. The van der Waals surface area contributed by atoms with Crippen LogP contribution in [0.3, 0.4) is 0 Å². The van der Waals surface area contributed by atoms with E-state index in [1.54, 1.807) is 16.7 Å². The van der Waals surface area contributed by atoms with Crippen molar-refractivity contribution in [2.24, 2.45) is 11.3 Å². The van der Waals surface area contributed by atoms with Crippen LogP contribution in [-0.2, 0) is 10.5 Å². The lowest BCUT2D eigenvalue weighted by Crippen LogP contribution is -2.63. The minimum atomic E-state index is -0.610. The first kappa shape index (κ1) is 18.5. The Kier molecular flexibility index (Phi) is 3.68. The van der Waals surface area contributed by atoms with Crippen LogP contribution < -0.4 is 21.5 Å². The van der Waals surface area contributed by atoms with Gasteiger partial charge in [0.05, 0.1) is 0 Å². The third-order valence-electron chi connectivity index (χ3n) is 7.26. The molecule has 3 saturated carbocycles. The molecule has 0 aromatic carbocycles. The summed E-state index contributed by atoms with van der Waals surface area (Å²) in [5, 5.41) is 8.96. The minimum absolute atomic E-state index is 0.0421. The van der Waals surface area contributed by atoms with E-state index >= 15 is 0 Å². The standard InChI is InChI=1S/C22H24N6O3/c1-12-7-14(25-15-8-16(24-11-23-15)26-18(29)13-3-4-13)20(31)28-17(12)19(30)27-22(28)9-21(10-22)5-2-6-21/h7-8,11,13H,2-6,9-10H2,1H3,(H,27,30)(H2,23,24,25,26,29). The number of hydrogen-bond donors (Lipinski definition) is 3. The fourth-order valence-corrected chi connectivity index (χ4v) is 5.52. The van der Waals surface area contributed by atoms with Gasteiger partial charge in [0.2, 0.25) is 5.91 Å². The predicted octanol–water partition coefficient (Wildman–Crippen LogP) is 2.40. The Balaban J connectivity index is 1.32. The number of fused-ring (bicyclic) bond motifs is 2. The van der Waals surface area contributed by atoms with E-state index in [4.69, 9.17) is 0 Å². The van der Waals surface area contributed by atoms with E-state index in [0.717, 1.165) is 31.2 Å². The lowest BCUT2D eigenvalue weighted by atomic mass is 9.51. The molecule has 160 valence electrons. The first-order chi connectivity index (χ1) is 14.9. The van der Waals surface area contributed by atoms with Gasteiger partial charge in [0, 0.05) is 12.0 Å². The molecule has 4 aliphatic rings. The van der Waals surface area contributed by atoms with Crippen LogP contribution in [0.15, 0.2) is 23.3 Å². The number of nitrogens with one attached hydrogen (secondary N) is 3. The van der Waals surface area contributed by atoms with E-state index in [2.05, 4.69) is 25.9 Å². The number of aryl methyl sites for hydroxylation is 1. The van der Waals surface area contributed by atoms with Crippen molar-refractivity contribution in [3.63, 3.8) is 0 Å². The molecule has 0 unspecified atom stereocenters. The number of nitrogens with zero attached hydrogens (tertiary/aromatic N) is 3. The average molecular weight is 420 g/mol. The van der Waals surface area contributed by atoms with Crippen molar-refractivity contribution in [3.05, 3.63) is 40.1 Å². The molecule has 31 heavy (non-hydrogen) atoms. The van der Waals surface area contributed by atoms with Gasteiger partial charge >= 0.3 is 0 Å². The highest BCUT2D eigenvalue weighted by Crippen LogP contribution is 2.63. The van der Waals surface area contributed by atoms with Gasteiger partial charge < -0.3 is 16.0 Å². The highest BCUT2D eigenvalue weighted by molar-refractivity contribution is 5.97. The van der Waals surface area contributed by atoms with Crippen LogP contribution in [0.1, 0.15) is 61.0 Å². The van der Waals surface area contributed by atoms with Gasteiger partial charge in [-0.25, -0.2) is 9.97 Å². The lowest BCUT2D eigenvalue weighted by molar-refractivity contribution is -0.117. The summed E-state index contributed by atoms with van der Waals surface area (Å²) in [4.78, 5) is 46.4. The van der Waals surface area contributed by atoms with Gasteiger partial charge in [-0.3, -0.25) is 19.0 Å². The maximum atomic E-state index is 13.4. The smallest absolute Gasteiger partial charge is 0.276 e. The van der Waals surface area contributed by atoms with E-state index in [0.29, 0.717) is 23.0 Å². The van der Waals surface area contributed by atoms with Crippen LogP contribution in [0.2, 0.25) is 0 Å². The Bertz CT molecular complexity index is 1190. The number of anilines is 3. The molecule has 3 N–H and O–H groups in total. The van der Waals surface area contributed by atoms with Crippen molar-refractivity contribution >= 4 is 29.1 Å². The second-order valence-electron chi connectivity index (χ2n) is 9.60. The number of pyridine rings is 1. The summed E-state index contributed by atoms with van der Waals surface area (Å²) >= 11 is 0. The number of aromatic nitrogens is 3. The van der Waals surface area contributed by atoms with E-state index in [-0.39, 0.29) is 28.7 Å². The zero-order valence-electron chi connectivity index (χ0n) is 17.3. The quantitative estimate of drug-likeness (QED) is 0.699. The SMILES string of the molecule is Cc1cc(Nc2cc(NC(=O)C3CC3)ncn2)c(=O)n2c1C(=O)NC21CC2(CCC2)C1. The van der Waals surface area contributed by atoms with Crippen molar-refractivity contribution in [3.8, 4) is 0 Å². The van der Waals surface area contributed by atoms with Gasteiger partial charge in [0.25, 0.3) is 11.5 Å². The highest BCUT2D eigenvalue weighted by Gasteiger charge is 2.62. The van der Waals surface area contributed by atoms with E-state index in [9.17, 15) is 14.4 Å². The van der Waals surface area contributed by atoms with Crippen LogP contribution >= 0.6 is 0 Å². The summed E-state index contributed by atoms with van der Waals surface area (Å²) < 4.78 is 1.66. The zero-order valence-corrected chi connectivity index (χ0v) is 17.3. The van der Waals surface area contributed by atoms with Crippen LogP contribution in [0, 0.1) is 18.3 Å². The third kappa shape index (κ3) is 2.79. The third-order valence-corrected chi connectivity index (χ3v) is 7.26. The molecular formula is C22H24N6O3. The molecule has 0 saturated heterocycles. The van der Waals surface area contributed by atoms with E-state index in [1.165, 1.54) is 25.6 Å². The van der Waals surface area contributed by atoms with Gasteiger partial charge in [-0.1, -0.05) is 6.42 Å². The molecule has 9 nitrogen and oxygen atoms in total. The summed E-state index contributed by atoms with van der Waals surface area (Å²) in [5.41, 5.74) is 0.973. The van der Waals surface area contributed by atoms with Crippen molar-refractivity contribution in [2.45, 2.75) is 57.5 Å². The van der Waals surface area contributed by atoms with Crippen LogP contribution in [0.5, 0.6) is 0 Å². The number of carbonyl (C=O) groups is 2. The summed E-state index contributed by atoms with van der Waals surface area (Å²) in [7, 11) is 0. The number of carbonyl (C=O) groups excluding carboxylic acids is 2. The van der Waals surface area contributed by atoms with Crippen LogP contribution in [0.25, 0.3) is 0 Å². The van der Waals surface area contributed by atoms with Gasteiger partial charge in [0.15, 0.2) is 0 Å². The first-order valence-corrected chi connectivity index (χ1v) is 10.9. The summed E-state index contributed by atoms with van der Waals surface area (Å²) in [6, 6.07) is 3.30. The molecule has 2 spiro atoms. The zero-order chi connectivity index (χ0) is 21.4. The molecule has 2 aromatic rings. The first-order valence-electron chi connectivity index (χ1n) is 10.9. The Morgan fingerprint density at radius 1 is 1.16 bits per heavy atom. The predicted molar refractivity (Wildman–Crippen MR) is 113 cm³/mol. The molecule has 6 rings (SSSR count). The monoisotopic (exact) mass is 420 g/mol. The molecule has 1 aliphatic heterocycles. The maximum Gasteiger partial charge on any atom is 0.276 e. The normalized spacial score (nSPS) is 21.8. The average Bonchev–Trinajstić information content (AvgIpc) is 3.46. The number of hydrogen-bond acceptors (Lipinski definition) is 6. The number of rotatable bonds is 4. The van der Waals surface area contributed by atoms with Crippen LogP contribution in [0.4, 0.5) is 17.3 Å². The molecular weight excluding hydrogens is 396 g/mol. The maximum absolute atomic E-state index is 13.4. The van der Waals surface area contributed by atoms with Crippen molar-refractivity contribution in [1.82, 2.24) is 19.9 Å². The molecule has 9 heteroatoms. The van der Waals surface area contributed by atoms with Gasteiger partial charge in [-0.05, 0) is 62.5 Å². The van der Waals surface area contributed by atoms with Gasteiger partial charge in [-0.2, -0.15) is 0 Å². The fourth-order valence-electron chi connectivity index (χ4n) is 5.52. The van der Waals surface area contributed by atoms with Crippen molar-refractivity contribution in [2.75, 3.05) is 10.6 Å². The van der Waals surface area contributed by atoms with Gasteiger partial charge in [-0.15, -0.1) is 0 Å². The topological polar surface area (TPSA) is 118 Å². The lowest BCUT2D eigenvalue weighted by Gasteiger charge is -2.59. The highest BCUT2D eigenvalue weighted by atomic mass is 16.2. The summed E-state index contributed by atoms with van der Waals surface area (Å²) in [6.45, 7) is 1.84. The molecule has 0 atom stereocenters. The second-order valence-corrected chi connectivity index (χ2v) is 9.60. The second kappa shape index (κ2) is 6.15. The molecule has 2 amide bonds. The summed E-state index contributed by atoms with van der Waals surface area (Å²) in [6.07, 6.45) is 8.34. The van der Waals surface area contributed by atoms with Crippen molar-refractivity contribution < 1.29 is 9.59 Å². The molecule has 0 bridgehead atoms. The van der Waals surface area contributed by atoms with E-state index in [1.807, 2.05) is 6.92 Å². The van der Waals surface area contributed by atoms with Crippen molar-refractivity contribution in [1.29, 1.82) is 0 Å². The van der Waals surface area contributed by atoms with Gasteiger partial charge in [0.1, 0.15) is 35.0 Å². The molecule has 3 heterocycles. The largest absolute Gasteiger partial charge is 0.336 e. The molecule has 3 aliphatic carbocycles. The molecule has 3 fully saturated rings. The Morgan fingerprint density at radius 2 is 1.90 bits per heavy atom. The van der Waals surface area contributed by atoms with Crippen LogP contribution in [-0.4, -0.2) is 26.3 Å². The summed E-state index contributed by atoms with van der Waals surface area (Å²) in [5.74, 6) is 0.653. The molecule has 2 aromatic heterocycles.